The predicted molar refractivity (Wildman–Crippen MR) is 130 cm³/mol. The van der Waals surface area contributed by atoms with Gasteiger partial charge in [0, 0.05) is 25.8 Å². The first-order valence-electron chi connectivity index (χ1n) is 10.4. The molecule has 1 heterocycles. The van der Waals surface area contributed by atoms with Crippen LogP contribution in [0.4, 0.5) is 11.4 Å². The van der Waals surface area contributed by atoms with Crippen LogP contribution in [0.5, 0.6) is 0 Å². The summed E-state index contributed by atoms with van der Waals surface area (Å²) in [6.07, 6.45) is 0.700. The van der Waals surface area contributed by atoms with Gasteiger partial charge in [0.05, 0.1) is 27.7 Å². The second-order valence-electron chi connectivity index (χ2n) is 7.71. The van der Waals surface area contributed by atoms with Gasteiger partial charge in [0.1, 0.15) is 4.90 Å². The smallest absolute Gasteiger partial charge is 0.335 e. The molecule has 0 atom stereocenters. The van der Waals surface area contributed by atoms with Gasteiger partial charge < -0.3 is 10.0 Å². The van der Waals surface area contributed by atoms with E-state index in [4.69, 9.17) is 11.6 Å². The number of aromatic nitrogens is 2. The lowest BCUT2D eigenvalue weighted by molar-refractivity contribution is 0.0697. The van der Waals surface area contributed by atoms with E-state index in [9.17, 15) is 18.3 Å². The van der Waals surface area contributed by atoms with Gasteiger partial charge in [0.25, 0.3) is 10.0 Å². The first-order chi connectivity index (χ1) is 15.5. The van der Waals surface area contributed by atoms with Crippen LogP contribution in [0.25, 0.3) is 0 Å². The van der Waals surface area contributed by atoms with E-state index in [1.807, 2.05) is 37.4 Å². The van der Waals surface area contributed by atoms with Gasteiger partial charge in [0.2, 0.25) is 0 Å². The summed E-state index contributed by atoms with van der Waals surface area (Å²) < 4.78 is 30.5. The summed E-state index contributed by atoms with van der Waals surface area (Å²) in [5.41, 5.74) is 3.89. The molecule has 2 N–H and O–H groups in total. The minimum atomic E-state index is -4.04. The zero-order valence-electron chi connectivity index (χ0n) is 19.0. The number of aromatic carboxylic acids is 1. The van der Waals surface area contributed by atoms with Crippen LogP contribution in [0.3, 0.4) is 0 Å². The summed E-state index contributed by atoms with van der Waals surface area (Å²) in [5, 5.41) is 14.0. The van der Waals surface area contributed by atoms with Gasteiger partial charge in [-0.05, 0) is 63.1 Å². The summed E-state index contributed by atoms with van der Waals surface area (Å²) in [6.45, 7) is 7.40. The number of aryl methyl sites for hydroxylation is 2. The SMILES string of the molecule is CCn1nc(C)c(CCN(C)c2ccc(C(=O)O)cc2NS(=O)(=O)c2ccccc2Cl)c1C. The standard InChI is InChI=1S/C23H27ClN4O4S/c1-5-28-16(3)18(15(2)25-28)12-13-27(4)21-11-10-17(23(29)30)14-20(21)26-33(31,32)22-9-7-6-8-19(22)24/h6-11,14,26H,5,12-13H2,1-4H3,(H,29,30). The molecule has 1 aromatic heterocycles. The summed E-state index contributed by atoms with van der Waals surface area (Å²) >= 11 is 6.09. The van der Waals surface area contributed by atoms with Gasteiger partial charge >= 0.3 is 5.97 Å². The maximum absolute atomic E-state index is 13.0. The lowest BCUT2D eigenvalue weighted by Crippen LogP contribution is -2.23. The fraction of sp³-hybridized carbons (Fsp3) is 0.304. The number of likely N-dealkylation sites (N-methyl/N-ethyl adjacent to an activating group) is 1. The zero-order valence-corrected chi connectivity index (χ0v) is 20.5. The van der Waals surface area contributed by atoms with Crippen LogP contribution in [-0.4, -0.2) is 42.9 Å². The van der Waals surface area contributed by atoms with Crippen LogP contribution < -0.4 is 9.62 Å². The Morgan fingerprint density at radius 1 is 1.21 bits per heavy atom. The largest absolute Gasteiger partial charge is 0.478 e. The molecule has 0 saturated heterocycles. The highest BCUT2D eigenvalue weighted by Crippen LogP contribution is 2.31. The Bertz CT molecular complexity index is 1290. The molecule has 0 aliphatic heterocycles. The Morgan fingerprint density at radius 3 is 2.52 bits per heavy atom. The second-order valence-corrected chi connectivity index (χ2v) is 9.77. The van der Waals surface area contributed by atoms with E-state index in [-0.39, 0.29) is 21.2 Å². The lowest BCUT2D eigenvalue weighted by Gasteiger charge is -2.23. The molecule has 8 nitrogen and oxygen atoms in total. The molecule has 0 amide bonds. The molecule has 0 saturated carbocycles. The zero-order chi connectivity index (χ0) is 24.3. The van der Waals surface area contributed by atoms with Crippen molar-refractivity contribution >= 4 is 39.0 Å². The van der Waals surface area contributed by atoms with Gasteiger partial charge in [-0.2, -0.15) is 5.10 Å². The minimum Gasteiger partial charge on any atom is -0.478 e. The molecule has 10 heteroatoms. The Hall–Kier alpha value is -3.04. The molecule has 0 spiro atoms. The number of hydrogen-bond donors (Lipinski definition) is 2. The van der Waals surface area contributed by atoms with E-state index in [0.717, 1.165) is 23.5 Å². The third-order valence-electron chi connectivity index (χ3n) is 5.55. The molecule has 33 heavy (non-hydrogen) atoms. The second kappa shape index (κ2) is 9.84. The number of nitrogens with one attached hydrogen (secondary N) is 1. The molecule has 2 aromatic carbocycles. The van der Waals surface area contributed by atoms with Gasteiger partial charge in [-0.1, -0.05) is 23.7 Å². The predicted octanol–water partition coefficient (Wildman–Crippen LogP) is 4.35. The number of carboxylic acids is 1. The Morgan fingerprint density at radius 2 is 1.91 bits per heavy atom. The van der Waals surface area contributed by atoms with Crippen LogP contribution in [-0.2, 0) is 23.0 Å². The summed E-state index contributed by atoms with van der Waals surface area (Å²) in [5.74, 6) is -1.15. The van der Waals surface area contributed by atoms with E-state index in [1.54, 1.807) is 18.2 Å². The molecule has 0 aliphatic carbocycles. The Labute approximate surface area is 198 Å². The van der Waals surface area contributed by atoms with Gasteiger partial charge in [0.15, 0.2) is 0 Å². The Balaban J connectivity index is 1.93. The van der Waals surface area contributed by atoms with Crippen molar-refractivity contribution in [2.45, 2.75) is 38.6 Å². The average molecular weight is 491 g/mol. The monoisotopic (exact) mass is 490 g/mol. The van der Waals surface area contributed by atoms with Crippen molar-refractivity contribution in [2.24, 2.45) is 0 Å². The molecule has 0 bridgehead atoms. The maximum atomic E-state index is 13.0. The molecule has 176 valence electrons. The lowest BCUT2D eigenvalue weighted by atomic mass is 10.1. The molecule has 0 fully saturated rings. The normalized spacial score (nSPS) is 11.4. The van der Waals surface area contributed by atoms with E-state index >= 15 is 0 Å². The van der Waals surface area contributed by atoms with E-state index in [2.05, 4.69) is 9.82 Å². The highest BCUT2D eigenvalue weighted by atomic mass is 35.5. The number of sulfonamides is 1. The fourth-order valence-corrected chi connectivity index (χ4v) is 5.34. The number of carboxylic acid groups (broad SMARTS) is 1. The number of carbonyl (C=O) groups is 1. The third kappa shape index (κ3) is 5.31. The fourth-order valence-electron chi connectivity index (χ4n) is 3.75. The number of benzene rings is 2. The molecule has 3 rings (SSSR count). The molecule has 3 aromatic rings. The molecular weight excluding hydrogens is 464 g/mol. The summed E-state index contributed by atoms with van der Waals surface area (Å²) in [6, 6.07) is 10.5. The van der Waals surface area contributed by atoms with Crippen LogP contribution in [0.15, 0.2) is 47.4 Å². The number of halogens is 1. The topological polar surface area (TPSA) is 105 Å². The van der Waals surface area contributed by atoms with Crippen LogP contribution in [0.1, 0.15) is 34.2 Å². The molecular formula is C23H27ClN4O4S. The van der Waals surface area contributed by atoms with Crippen LogP contribution in [0, 0.1) is 13.8 Å². The van der Waals surface area contributed by atoms with E-state index in [1.165, 1.54) is 24.3 Å². The van der Waals surface area contributed by atoms with Crippen LogP contribution >= 0.6 is 11.6 Å². The highest BCUT2D eigenvalue weighted by molar-refractivity contribution is 7.92. The Kier molecular flexibility index (Phi) is 7.34. The van der Waals surface area contributed by atoms with Gasteiger partial charge in [-0.15, -0.1) is 0 Å². The van der Waals surface area contributed by atoms with E-state index < -0.39 is 16.0 Å². The quantitative estimate of drug-likeness (QED) is 0.462. The van der Waals surface area contributed by atoms with Crippen molar-refractivity contribution in [3.63, 3.8) is 0 Å². The molecule has 0 aliphatic rings. The number of anilines is 2. The van der Waals surface area contributed by atoms with Gasteiger partial charge in [-0.25, -0.2) is 13.2 Å². The number of nitrogens with zero attached hydrogens (tertiary/aromatic N) is 3. The number of rotatable bonds is 9. The highest BCUT2D eigenvalue weighted by Gasteiger charge is 2.21. The minimum absolute atomic E-state index is 0.0279. The first kappa shape index (κ1) is 24.6. The van der Waals surface area contributed by atoms with Crippen molar-refractivity contribution in [2.75, 3.05) is 23.2 Å². The van der Waals surface area contributed by atoms with Crippen molar-refractivity contribution in [1.29, 1.82) is 0 Å². The van der Waals surface area contributed by atoms with Crippen molar-refractivity contribution in [3.05, 3.63) is 70.0 Å². The van der Waals surface area contributed by atoms with E-state index in [0.29, 0.717) is 18.7 Å². The van der Waals surface area contributed by atoms with Crippen molar-refractivity contribution in [3.8, 4) is 0 Å². The summed E-state index contributed by atoms with van der Waals surface area (Å²) in [4.78, 5) is 13.3. The molecule has 0 radical (unpaired) electrons. The summed E-state index contributed by atoms with van der Waals surface area (Å²) in [7, 11) is -2.21. The van der Waals surface area contributed by atoms with Crippen molar-refractivity contribution in [1.82, 2.24) is 9.78 Å². The number of hydrogen-bond acceptors (Lipinski definition) is 5. The van der Waals surface area contributed by atoms with Crippen molar-refractivity contribution < 1.29 is 18.3 Å². The molecule has 0 unspecified atom stereocenters. The van der Waals surface area contributed by atoms with Gasteiger partial charge in [-0.3, -0.25) is 9.40 Å². The average Bonchev–Trinajstić information content (AvgIpc) is 3.04. The third-order valence-corrected chi connectivity index (χ3v) is 7.42. The first-order valence-corrected chi connectivity index (χ1v) is 12.3. The maximum Gasteiger partial charge on any atom is 0.335 e. The van der Waals surface area contributed by atoms with Crippen LogP contribution in [0.2, 0.25) is 5.02 Å².